The molecule has 13 heteroatoms. The van der Waals surface area contributed by atoms with Crippen molar-refractivity contribution in [3.8, 4) is 0 Å². The highest BCUT2D eigenvalue weighted by molar-refractivity contribution is 6.99. The summed E-state index contributed by atoms with van der Waals surface area (Å²) in [6, 6.07) is 26.8. The number of alkyl carbamates (subject to hydrolysis) is 1. The number of carboxylic acid groups (broad SMARTS) is 1. The van der Waals surface area contributed by atoms with Gasteiger partial charge in [-0.05, 0) is 53.6 Å². The average molecular weight is 792 g/mol. The van der Waals surface area contributed by atoms with E-state index in [4.69, 9.17) is 23.4 Å². The van der Waals surface area contributed by atoms with Crippen LogP contribution in [0.15, 0.2) is 91.0 Å². The van der Waals surface area contributed by atoms with Crippen LogP contribution in [0.25, 0.3) is 0 Å². The first-order chi connectivity index (χ1) is 26.4. The Morgan fingerprint density at radius 1 is 0.714 bits per heavy atom. The van der Waals surface area contributed by atoms with Gasteiger partial charge in [0.15, 0.2) is 12.1 Å². The summed E-state index contributed by atoms with van der Waals surface area (Å²) in [7, 11) is -3.25. The highest BCUT2D eigenvalue weighted by atomic mass is 28.4. The minimum atomic E-state index is -3.25. The van der Waals surface area contributed by atoms with Crippen LogP contribution < -0.4 is 15.7 Å². The Labute approximate surface area is 331 Å². The summed E-state index contributed by atoms with van der Waals surface area (Å²) in [6.45, 7) is 16.0. The van der Waals surface area contributed by atoms with E-state index in [9.17, 15) is 29.1 Å². The molecule has 2 N–H and O–H groups in total. The van der Waals surface area contributed by atoms with Crippen LogP contribution in [0.1, 0.15) is 80.7 Å². The Bertz CT molecular complexity index is 1690. The standard InChI is InChI=1S/C43H57NO11Si/c1-10-29(4)37(38(45)46)54-39(47)31(6)53-41(49)36(44-42(50)51-27-32-20-14-11-15-21-32)30(5)52-40(48)35(26-28(2)3)55-56(43(7,8)9,33-22-16-12-17-23-33)34-24-18-13-19-25-34/h11-25,28-31,35-37H,10,26-27H2,1-9H3,(H,44,50)(H,45,46). The monoisotopic (exact) mass is 791 g/mol. The molecule has 0 saturated carbocycles. The Balaban J connectivity index is 1.95. The molecule has 3 rings (SSSR count). The fourth-order valence-corrected chi connectivity index (χ4v) is 10.9. The minimum Gasteiger partial charge on any atom is -0.478 e. The number of benzene rings is 3. The van der Waals surface area contributed by atoms with Gasteiger partial charge in [0, 0.05) is 5.92 Å². The van der Waals surface area contributed by atoms with Crippen molar-refractivity contribution in [3.05, 3.63) is 96.6 Å². The van der Waals surface area contributed by atoms with Gasteiger partial charge >= 0.3 is 30.0 Å². The maximum absolute atomic E-state index is 14.3. The quantitative estimate of drug-likeness (QED) is 0.0810. The lowest BCUT2D eigenvalue weighted by molar-refractivity contribution is -0.180. The third-order valence-electron chi connectivity index (χ3n) is 9.47. The molecule has 0 aliphatic heterocycles. The van der Waals surface area contributed by atoms with Gasteiger partial charge < -0.3 is 33.8 Å². The number of aliphatic carboxylic acids is 1. The van der Waals surface area contributed by atoms with Crippen LogP contribution >= 0.6 is 0 Å². The van der Waals surface area contributed by atoms with Crippen molar-refractivity contribution in [2.75, 3.05) is 0 Å². The summed E-state index contributed by atoms with van der Waals surface area (Å²) in [6.07, 6.45) is -5.81. The summed E-state index contributed by atoms with van der Waals surface area (Å²) < 4.78 is 29.1. The van der Waals surface area contributed by atoms with E-state index in [-0.39, 0.29) is 18.9 Å². The lowest BCUT2D eigenvalue weighted by atomic mass is 10.0. The number of ether oxygens (including phenoxy) is 4. The molecule has 0 spiro atoms. The van der Waals surface area contributed by atoms with Crippen molar-refractivity contribution in [1.29, 1.82) is 0 Å². The maximum atomic E-state index is 14.3. The molecule has 12 nitrogen and oxygen atoms in total. The second-order valence-corrected chi connectivity index (χ2v) is 19.6. The van der Waals surface area contributed by atoms with Crippen LogP contribution in [0, 0.1) is 11.8 Å². The van der Waals surface area contributed by atoms with Gasteiger partial charge in [-0.15, -0.1) is 0 Å². The molecule has 0 bridgehead atoms. The molecule has 0 aliphatic carbocycles. The molecule has 3 aromatic carbocycles. The van der Waals surface area contributed by atoms with Crippen molar-refractivity contribution in [3.63, 3.8) is 0 Å². The molecular formula is C43H57NO11Si. The molecule has 0 aromatic heterocycles. The van der Waals surface area contributed by atoms with E-state index >= 15 is 0 Å². The lowest BCUT2D eigenvalue weighted by Gasteiger charge is -2.45. The summed E-state index contributed by atoms with van der Waals surface area (Å²) in [5, 5.41) is 13.5. The van der Waals surface area contributed by atoms with E-state index in [2.05, 4.69) is 26.1 Å². The molecule has 304 valence electrons. The smallest absolute Gasteiger partial charge is 0.408 e. The molecule has 6 atom stereocenters. The van der Waals surface area contributed by atoms with E-state index in [0.717, 1.165) is 10.4 Å². The second kappa shape index (κ2) is 20.8. The van der Waals surface area contributed by atoms with E-state index in [0.29, 0.717) is 12.0 Å². The van der Waals surface area contributed by atoms with Crippen LogP contribution in [-0.2, 0) is 49.2 Å². The van der Waals surface area contributed by atoms with Gasteiger partial charge in [0.05, 0.1) is 0 Å². The van der Waals surface area contributed by atoms with Crippen LogP contribution in [0.2, 0.25) is 5.04 Å². The summed E-state index contributed by atoms with van der Waals surface area (Å²) >= 11 is 0. The number of carboxylic acids is 1. The highest BCUT2D eigenvalue weighted by Crippen LogP contribution is 2.38. The number of esters is 3. The fourth-order valence-electron chi connectivity index (χ4n) is 6.25. The third kappa shape index (κ3) is 12.2. The van der Waals surface area contributed by atoms with E-state index in [1.54, 1.807) is 38.1 Å². The predicted molar refractivity (Wildman–Crippen MR) is 214 cm³/mol. The Hall–Kier alpha value is -5.01. The molecule has 3 aromatic rings. The number of amides is 1. The third-order valence-corrected chi connectivity index (χ3v) is 14.5. The Kier molecular flexibility index (Phi) is 16.8. The summed E-state index contributed by atoms with van der Waals surface area (Å²) in [4.78, 5) is 65.9. The largest absolute Gasteiger partial charge is 0.478 e. The maximum Gasteiger partial charge on any atom is 0.408 e. The van der Waals surface area contributed by atoms with Gasteiger partial charge in [0.1, 0.15) is 18.8 Å². The van der Waals surface area contributed by atoms with E-state index in [1.165, 1.54) is 13.8 Å². The first kappa shape index (κ1) is 45.4. The van der Waals surface area contributed by atoms with Gasteiger partial charge in [-0.1, -0.05) is 139 Å². The Morgan fingerprint density at radius 2 is 1.23 bits per heavy atom. The highest BCUT2D eigenvalue weighted by Gasteiger charge is 2.53. The van der Waals surface area contributed by atoms with Crippen molar-refractivity contribution in [2.24, 2.45) is 11.8 Å². The summed E-state index contributed by atoms with van der Waals surface area (Å²) in [5.41, 5.74) is 0.684. The summed E-state index contributed by atoms with van der Waals surface area (Å²) in [5.74, 6) is -4.88. The SMILES string of the molecule is CCC(C)C(OC(=O)C(C)OC(=O)C(NC(=O)OCc1ccccc1)C(C)OC(=O)C(CC(C)C)O[Si](c1ccccc1)(c1ccccc1)C(C)(C)C)C(=O)O. The van der Waals surface area contributed by atoms with E-state index in [1.807, 2.05) is 80.6 Å². The van der Waals surface area contributed by atoms with Gasteiger partial charge in [-0.3, -0.25) is 0 Å². The van der Waals surface area contributed by atoms with Crippen molar-refractivity contribution >= 4 is 48.7 Å². The molecule has 0 radical (unpaired) electrons. The van der Waals surface area contributed by atoms with Gasteiger partial charge in [0.25, 0.3) is 8.32 Å². The zero-order valence-corrected chi connectivity index (χ0v) is 34.9. The molecule has 0 fully saturated rings. The van der Waals surface area contributed by atoms with Crippen molar-refractivity contribution < 1.29 is 52.5 Å². The molecule has 0 heterocycles. The predicted octanol–water partition coefficient (Wildman–Crippen LogP) is 6.18. The number of carbonyl (C=O) groups excluding carboxylic acids is 4. The first-order valence-corrected chi connectivity index (χ1v) is 20.9. The molecular weight excluding hydrogens is 735 g/mol. The second-order valence-electron chi connectivity index (χ2n) is 15.4. The Morgan fingerprint density at radius 3 is 1.70 bits per heavy atom. The molecule has 6 unspecified atom stereocenters. The van der Waals surface area contributed by atoms with Gasteiger partial charge in [0.2, 0.25) is 6.10 Å². The molecule has 0 saturated heterocycles. The van der Waals surface area contributed by atoms with E-state index < -0.39 is 79.7 Å². The van der Waals surface area contributed by atoms with Gasteiger partial charge in [-0.25, -0.2) is 24.0 Å². The van der Waals surface area contributed by atoms with Crippen LogP contribution in [0.5, 0.6) is 0 Å². The average Bonchev–Trinajstić information content (AvgIpc) is 3.16. The topological polar surface area (TPSA) is 164 Å². The zero-order valence-electron chi connectivity index (χ0n) is 33.9. The number of nitrogens with one attached hydrogen (secondary N) is 1. The zero-order chi connectivity index (χ0) is 41.6. The number of hydrogen-bond acceptors (Lipinski definition) is 10. The normalized spacial score (nSPS) is 15.0. The van der Waals surface area contributed by atoms with Crippen LogP contribution in [0.4, 0.5) is 4.79 Å². The number of hydrogen-bond donors (Lipinski definition) is 2. The van der Waals surface area contributed by atoms with Crippen LogP contribution in [-0.4, -0.2) is 73.9 Å². The van der Waals surface area contributed by atoms with Crippen LogP contribution in [0.3, 0.4) is 0 Å². The van der Waals surface area contributed by atoms with Crippen molar-refractivity contribution in [1.82, 2.24) is 5.32 Å². The molecule has 0 aliphatic rings. The minimum absolute atomic E-state index is 0.00941. The molecule has 56 heavy (non-hydrogen) atoms. The fraction of sp³-hybridized carbons (Fsp3) is 0.465. The molecule has 1 amide bonds. The number of rotatable bonds is 19. The van der Waals surface area contributed by atoms with Gasteiger partial charge in [-0.2, -0.15) is 0 Å². The lowest BCUT2D eigenvalue weighted by Crippen LogP contribution is -2.68. The first-order valence-electron chi connectivity index (χ1n) is 19.0. The number of carbonyl (C=O) groups is 5. The van der Waals surface area contributed by atoms with Crippen molar-refractivity contribution in [2.45, 2.75) is 117 Å².